The summed E-state index contributed by atoms with van der Waals surface area (Å²) in [5, 5.41) is 9.60. The summed E-state index contributed by atoms with van der Waals surface area (Å²) in [5.74, 6) is -0.676. The van der Waals surface area contributed by atoms with Gasteiger partial charge >= 0.3 is 5.97 Å². The molecular weight excluding hydrogens is 254 g/mol. The number of nitrogens with zero attached hydrogens (tertiary/aromatic N) is 2. The molecule has 1 fully saturated rings. The zero-order valence-corrected chi connectivity index (χ0v) is 10.7. The number of likely N-dealkylation sites (tertiary alicyclic amines) is 1. The van der Waals surface area contributed by atoms with Gasteiger partial charge in [0.15, 0.2) is 5.16 Å². The summed E-state index contributed by atoms with van der Waals surface area (Å²) < 4.78 is 0. The Morgan fingerprint density at radius 1 is 1.50 bits per heavy atom. The fraction of sp³-hybridized carbons (Fsp3) is 0.545. The van der Waals surface area contributed by atoms with Crippen molar-refractivity contribution in [2.75, 3.05) is 18.8 Å². The Labute approximate surface area is 109 Å². The van der Waals surface area contributed by atoms with E-state index in [9.17, 15) is 9.59 Å². The minimum atomic E-state index is -0.757. The van der Waals surface area contributed by atoms with E-state index in [0.29, 0.717) is 31.7 Å². The van der Waals surface area contributed by atoms with Crippen LogP contribution in [-0.2, 0) is 9.59 Å². The van der Waals surface area contributed by atoms with E-state index in [0.717, 1.165) is 5.16 Å². The Kier molecular flexibility index (Phi) is 4.24. The van der Waals surface area contributed by atoms with E-state index in [1.165, 1.54) is 11.8 Å². The van der Waals surface area contributed by atoms with Gasteiger partial charge in [-0.05, 0) is 12.8 Å². The number of hydrogen-bond donors (Lipinski definition) is 2. The molecule has 1 aromatic rings. The first-order valence-corrected chi connectivity index (χ1v) is 6.78. The average molecular weight is 269 g/mol. The molecular formula is C11H15N3O3S. The SMILES string of the molecule is O=C(O)C1CCN(C(=O)CSc2ncc[nH]2)CC1. The first-order valence-electron chi connectivity index (χ1n) is 5.79. The monoisotopic (exact) mass is 269 g/mol. The maximum Gasteiger partial charge on any atom is 0.306 e. The number of piperidine rings is 1. The number of nitrogens with one attached hydrogen (secondary N) is 1. The van der Waals surface area contributed by atoms with Crippen molar-refractivity contribution in [2.45, 2.75) is 18.0 Å². The highest BCUT2D eigenvalue weighted by atomic mass is 32.2. The van der Waals surface area contributed by atoms with Crippen molar-refractivity contribution in [1.82, 2.24) is 14.9 Å². The molecule has 0 radical (unpaired) electrons. The lowest BCUT2D eigenvalue weighted by Gasteiger charge is -2.29. The van der Waals surface area contributed by atoms with Crippen molar-refractivity contribution >= 4 is 23.6 Å². The molecule has 1 amide bonds. The molecule has 0 atom stereocenters. The number of H-pyrrole nitrogens is 1. The maximum atomic E-state index is 11.9. The molecule has 98 valence electrons. The van der Waals surface area contributed by atoms with Crippen LogP contribution in [0, 0.1) is 5.92 Å². The van der Waals surface area contributed by atoms with Crippen molar-refractivity contribution in [3.63, 3.8) is 0 Å². The van der Waals surface area contributed by atoms with Gasteiger partial charge in [0.05, 0.1) is 11.7 Å². The molecule has 0 aliphatic carbocycles. The molecule has 1 aromatic heterocycles. The largest absolute Gasteiger partial charge is 0.481 e. The Morgan fingerprint density at radius 3 is 2.78 bits per heavy atom. The van der Waals surface area contributed by atoms with Crippen LogP contribution in [0.15, 0.2) is 17.6 Å². The van der Waals surface area contributed by atoms with Crippen molar-refractivity contribution < 1.29 is 14.7 Å². The molecule has 7 heteroatoms. The highest BCUT2D eigenvalue weighted by Crippen LogP contribution is 2.19. The molecule has 0 unspecified atom stereocenters. The summed E-state index contributed by atoms with van der Waals surface area (Å²) >= 11 is 1.36. The number of carboxylic acids is 1. The van der Waals surface area contributed by atoms with E-state index in [2.05, 4.69) is 9.97 Å². The van der Waals surface area contributed by atoms with Crippen LogP contribution in [0.4, 0.5) is 0 Å². The summed E-state index contributed by atoms with van der Waals surface area (Å²) in [4.78, 5) is 31.4. The zero-order chi connectivity index (χ0) is 13.0. The summed E-state index contributed by atoms with van der Waals surface area (Å²) in [6.45, 7) is 1.07. The molecule has 0 bridgehead atoms. The molecule has 6 nitrogen and oxygen atoms in total. The van der Waals surface area contributed by atoms with Gasteiger partial charge in [-0.3, -0.25) is 9.59 Å². The minimum absolute atomic E-state index is 0.0419. The number of aromatic amines is 1. The first kappa shape index (κ1) is 12.9. The van der Waals surface area contributed by atoms with Gasteiger partial charge in [0, 0.05) is 25.5 Å². The highest BCUT2D eigenvalue weighted by molar-refractivity contribution is 7.99. The number of aromatic nitrogens is 2. The second-order valence-electron chi connectivity index (χ2n) is 4.18. The third kappa shape index (κ3) is 3.25. The Balaban J connectivity index is 1.75. The summed E-state index contributed by atoms with van der Waals surface area (Å²) in [7, 11) is 0. The highest BCUT2D eigenvalue weighted by Gasteiger charge is 2.26. The van der Waals surface area contributed by atoms with E-state index in [1.807, 2.05) is 0 Å². The van der Waals surface area contributed by atoms with Crippen LogP contribution in [0.25, 0.3) is 0 Å². The van der Waals surface area contributed by atoms with E-state index < -0.39 is 5.97 Å². The van der Waals surface area contributed by atoms with Gasteiger partial charge in [-0.15, -0.1) is 0 Å². The topological polar surface area (TPSA) is 86.3 Å². The normalized spacial score (nSPS) is 16.8. The van der Waals surface area contributed by atoms with E-state index in [-0.39, 0.29) is 11.8 Å². The summed E-state index contributed by atoms with van der Waals surface area (Å²) in [6.07, 6.45) is 4.45. The molecule has 1 aliphatic heterocycles. The van der Waals surface area contributed by atoms with Gasteiger partial charge in [0.25, 0.3) is 0 Å². The lowest BCUT2D eigenvalue weighted by molar-refractivity contribution is -0.145. The maximum absolute atomic E-state index is 11.9. The van der Waals surface area contributed by atoms with Gasteiger partial charge in [-0.25, -0.2) is 4.98 Å². The Bertz CT molecular complexity index is 413. The molecule has 18 heavy (non-hydrogen) atoms. The van der Waals surface area contributed by atoms with Crippen LogP contribution in [0.1, 0.15) is 12.8 Å². The van der Waals surface area contributed by atoms with E-state index in [4.69, 9.17) is 5.11 Å². The van der Waals surface area contributed by atoms with Crippen molar-refractivity contribution in [3.05, 3.63) is 12.4 Å². The van der Waals surface area contributed by atoms with Gasteiger partial charge in [0.2, 0.25) is 5.91 Å². The quantitative estimate of drug-likeness (QED) is 0.790. The van der Waals surface area contributed by atoms with Crippen molar-refractivity contribution in [2.24, 2.45) is 5.92 Å². The lowest BCUT2D eigenvalue weighted by atomic mass is 9.97. The molecule has 0 aromatic carbocycles. The number of carboxylic acid groups (broad SMARTS) is 1. The van der Waals surface area contributed by atoms with Crippen LogP contribution in [-0.4, -0.2) is 50.7 Å². The fourth-order valence-corrected chi connectivity index (χ4v) is 2.66. The third-order valence-electron chi connectivity index (χ3n) is 3.00. The van der Waals surface area contributed by atoms with Crippen LogP contribution in [0.5, 0.6) is 0 Å². The molecule has 2 N–H and O–H groups in total. The second-order valence-corrected chi connectivity index (χ2v) is 5.14. The van der Waals surface area contributed by atoms with Crippen LogP contribution < -0.4 is 0 Å². The van der Waals surface area contributed by atoms with Gasteiger partial charge in [-0.2, -0.15) is 0 Å². The predicted octanol–water partition coefficient (Wildman–Crippen LogP) is 0.825. The van der Waals surface area contributed by atoms with E-state index >= 15 is 0 Å². The van der Waals surface area contributed by atoms with E-state index in [1.54, 1.807) is 17.3 Å². The molecule has 0 spiro atoms. The predicted molar refractivity (Wildman–Crippen MR) is 66.3 cm³/mol. The molecule has 2 rings (SSSR count). The van der Waals surface area contributed by atoms with Crippen LogP contribution in [0.3, 0.4) is 0 Å². The number of carbonyl (C=O) groups is 2. The number of thioether (sulfide) groups is 1. The zero-order valence-electron chi connectivity index (χ0n) is 9.83. The molecule has 1 saturated heterocycles. The van der Waals surface area contributed by atoms with Gasteiger partial charge < -0.3 is 15.0 Å². The molecule has 0 saturated carbocycles. The van der Waals surface area contributed by atoms with Gasteiger partial charge in [0.1, 0.15) is 0 Å². The number of carbonyl (C=O) groups excluding carboxylic acids is 1. The van der Waals surface area contributed by atoms with Gasteiger partial charge in [-0.1, -0.05) is 11.8 Å². The standard InChI is InChI=1S/C11H15N3O3S/c15-9(7-18-11-12-3-4-13-11)14-5-1-8(2-6-14)10(16)17/h3-4,8H,1-2,5-7H2,(H,12,13)(H,16,17). The van der Waals surface area contributed by atoms with Crippen LogP contribution in [0.2, 0.25) is 0 Å². The lowest BCUT2D eigenvalue weighted by Crippen LogP contribution is -2.41. The van der Waals surface area contributed by atoms with Crippen molar-refractivity contribution in [3.8, 4) is 0 Å². The average Bonchev–Trinajstić information content (AvgIpc) is 2.89. The molecule has 2 heterocycles. The fourth-order valence-electron chi connectivity index (χ4n) is 1.93. The Morgan fingerprint density at radius 2 is 2.22 bits per heavy atom. The number of imidazole rings is 1. The summed E-state index contributed by atoms with van der Waals surface area (Å²) in [6, 6.07) is 0. The molecule has 1 aliphatic rings. The number of rotatable bonds is 4. The minimum Gasteiger partial charge on any atom is -0.481 e. The number of hydrogen-bond acceptors (Lipinski definition) is 4. The first-order chi connectivity index (χ1) is 8.66. The third-order valence-corrected chi connectivity index (χ3v) is 3.89. The summed E-state index contributed by atoms with van der Waals surface area (Å²) in [5.41, 5.74) is 0. The second kappa shape index (κ2) is 5.90. The van der Waals surface area contributed by atoms with Crippen molar-refractivity contribution in [1.29, 1.82) is 0 Å². The smallest absolute Gasteiger partial charge is 0.306 e. The number of amides is 1. The number of aliphatic carboxylic acids is 1. The Hall–Kier alpha value is -1.50. The van der Waals surface area contributed by atoms with Crippen LogP contribution >= 0.6 is 11.8 Å².